The Balaban J connectivity index is 1.46. The minimum atomic E-state index is -0.549. The first kappa shape index (κ1) is 33.9. The van der Waals surface area contributed by atoms with Gasteiger partial charge in [0.1, 0.15) is 17.4 Å². The number of aryl methyl sites for hydroxylation is 1. The summed E-state index contributed by atoms with van der Waals surface area (Å²) in [5.41, 5.74) is 7.28. The summed E-state index contributed by atoms with van der Waals surface area (Å²) < 4.78 is 35.4. The molecule has 0 spiro atoms. The van der Waals surface area contributed by atoms with Crippen LogP contribution in [-0.2, 0) is 23.7 Å². The summed E-state index contributed by atoms with van der Waals surface area (Å²) in [7, 11) is 3.78. The number of halogens is 2. The zero-order valence-electron chi connectivity index (χ0n) is 29.2. The Morgan fingerprint density at radius 2 is 1.69 bits per heavy atom. The van der Waals surface area contributed by atoms with Gasteiger partial charge in [0, 0.05) is 29.3 Å². The van der Waals surface area contributed by atoms with Crippen molar-refractivity contribution in [1.82, 2.24) is 0 Å². The summed E-state index contributed by atoms with van der Waals surface area (Å²) in [5, 5.41) is 2.37. The molecule has 0 N–H and O–H groups in total. The molecule has 6 rings (SSSR count). The van der Waals surface area contributed by atoms with Gasteiger partial charge in [-0.2, -0.15) is 0 Å². The Morgan fingerprint density at radius 1 is 0.918 bits per heavy atom. The average Bonchev–Trinajstić information content (AvgIpc) is 3.34. The van der Waals surface area contributed by atoms with Crippen LogP contribution in [0.25, 0.3) is 10.8 Å². The predicted molar refractivity (Wildman–Crippen MR) is 201 cm³/mol. The number of fused-ring (bicyclic) bond motifs is 2. The van der Waals surface area contributed by atoms with Gasteiger partial charge in [-0.25, -0.2) is 8.78 Å². The van der Waals surface area contributed by atoms with Crippen LogP contribution in [0.3, 0.4) is 0 Å². The number of nitrogens with zero attached hydrogens (tertiary/aromatic N) is 1. The number of rotatable bonds is 11. The van der Waals surface area contributed by atoms with Crippen LogP contribution < -0.4 is 9.64 Å². The first-order chi connectivity index (χ1) is 23.7. The maximum absolute atomic E-state index is 15.3. The molecule has 0 fully saturated rings. The molecule has 0 saturated heterocycles. The molecule has 0 radical (unpaired) electrons. The van der Waals surface area contributed by atoms with E-state index in [-0.39, 0.29) is 11.6 Å². The third kappa shape index (κ3) is 6.10. The second-order valence-electron chi connectivity index (χ2n) is 13.3. The quantitative estimate of drug-likeness (QED) is 0.132. The van der Waals surface area contributed by atoms with Crippen LogP contribution in [0.2, 0.25) is 0 Å². The van der Waals surface area contributed by atoms with Crippen LogP contribution in [0, 0.1) is 18.6 Å². The molecular weight excluding hydrogens is 608 g/mol. The molecular formula is C45H45F2NO. The Bertz CT molecular complexity index is 2080. The van der Waals surface area contributed by atoms with E-state index in [0.717, 1.165) is 52.2 Å². The lowest BCUT2D eigenvalue weighted by atomic mass is 9.66. The third-order valence-electron chi connectivity index (χ3n) is 10.9. The molecule has 2 unspecified atom stereocenters. The van der Waals surface area contributed by atoms with Crippen LogP contribution in [0.5, 0.6) is 5.75 Å². The van der Waals surface area contributed by atoms with Gasteiger partial charge in [0.15, 0.2) is 0 Å². The third-order valence-corrected chi connectivity index (χ3v) is 10.9. The van der Waals surface area contributed by atoms with Crippen molar-refractivity contribution in [1.29, 1.82) is 0 Å². The number of likely N-dealkylation sites (N-methyl/N-ethyl adjacent to an activating group) is 1. The normalized spacial score (nSPS) is 17.9. The fourth-order valence-corrected chi connectivity index (χ4v) is 8.11. The summed E-state index contributed by atoms with van der Waals surface area (Å²) in [6, 6.07) is 33.0. The van der Waals surface area contributed by atoms with Crippen LogP contribution in [0.15, 0.2) is 139 Å². The number of hydrogen-bond donors (Lipinski definition) is 0. The fraction of sp³-hybridized carbons (Fsp3) is 0.244. The molecule has 49 heavy (non-hydrogen) atoms. The van der Waals surface area contributed by atoms with Gasteiger partial charge in [-0.1, -0.05) is 99.3 Å². The summed E-state index contributed by atoms with van der Waals surface area (Å²) in [4.78, 5) is 2.24. The monoisotopic (exact) mass is 653 g/mol. The number of hydrogen-bond acceptors (Lipinski definition) is 2. The lowest BCUT2D eigenvalue weighted by Crippen LogP contribution is -2.32. The fourth-order valence-electron chi connectivity index (χ4n) is 8.11. The summed E-state index contributed by atoms with van der Waals surface area (Å²) in [6.07, 6.45) is 9.03. The minimum absolute atomic E-state index is 0.205. The Labute approximate surface area is 290 Å². The van der Waals surface area contributed by atoms with Gasteiger partial charge < -0.3 is 9.64 Å². The first-order valence-electron chi connectivity index (χ1n) is 17.1. The van der Waals surface area contributed by atoms with Crippen LogP contribution in [-0.4, -0.2) is 14.2 Å². The number of ether oxygens (including phenoxy) is 1. The molecule has 4 heteroatoms. The lowest BCUT2D eigenvalue weighted by Gasteiger charge is -2.37. The van der Waals surface area contributed by atoms with Crippen LogP contribution >= 0.6 is 0 Å². The molecule has 5 aromatic rings. The summed E-state index contributed by atoms with van der Waals surface area (Å²) >= 11 is 0. The van der Waals surface area contributed by atoms with E-state index in [9.17, 15) is 4.39 Å². The smallest absolute Gasteiger partial charge is 0.126 e. The topological polar surface area (TPSA) is 12.5 Å². The zero-order valence-corrected chi connectivity index (χ0v) is 29.2. The predicted octanol–water partition coefficient (Wildman–Crippen LogP) is 11.4. The summed E-state index contributed by atoms with van der Waals surface area (Å²) in [6.45, 7) is 11.2. The maximum atomic E-state index is 15.3. The van der Waals surface area contributed by atoms with E-state index in [1.165, 1.54) is 28.5 Å². The van der Waals surface area contributed by atoms with E-state index < -0.39 is 10.8 Å². The molecule has 0 aromatic heterocycles. The molecule has 0 aliphatic carbocycles. The molecule has 1 aliphatic rings. The van der Waals surface area contributed by atoms with Gasteiger partial charge in [-0.15, -0.1) is 0 Å². The van der Waals surface area contributed by atoms with E-state index in [4.69, 9.17) is 11.3 Å². The Hall–Kier alpha value is -4.96. The lowest BCUT2D eigenvalue weighted by molar-refractivity contribution is 0.412. The number of methoxy groups -OCH3 is 1. The van der Waals surface area contributed by atoms with E-state index in [2.05, 4.69) is 99.5 Å². The number of allylic oxidation sites excluding steroid dienone is 5. The largest absolute Gasteiger partial charge is 0.497 e. The molecule has 0 saturated carbocycles. The minimum Gasteiger partial charge on any atom is -0.497 e. The molecule has 250 valence electrons. The van der Waals surface area contributed by atoms with Crippen molar-refractivity contribution in [2.75, 3.05) is 19.1 Å². The van der Waals surface area contributed by atoms with E-state index in [1.54, 1.807) is 25.3 Å². The van der Waals surface area contributed by atoms with Crippen molar-refractivity contribution in [2.45, 2.75) is 57.3 Å². The molecule has 1 heterocycles. The van der Waals surface area contributed by atoms with Gasteiger partial charge in [0.25, 0.3) is 0 Å². The molecule has 0 amide bonds. The van der Waals surface area contributed by atoms with Crippen molar-refractivity contribution < 1.29 is 13.5 Å². The van der Waals surface area contributed by atoms with E-state index >= 15 is 4.39 Å². The van der Waals surface area contributed by atoms with Crippen molar-refractivity contribution in [3.05, 3.63) is 179 Å². The second kappa shape index (κ2) is 13.9. The standard InChI is InChI=1S/C45H45F2NO/c1-7-44(30-35-18-10-12-21-41(35)47,39-25-23-34-17-9-11-20-38(34)32(39)4)31(3)15-13-22-43-45(8-2,29-33-16-14-19-36(46)27-33)40-28-37(49-6)24-26-42(40)48(43)5/h9-28H,3,7-8,29-30H2,1-2,4-6H3/b15-13+,43-22+. The van der Waals surface area contributed by atoms with Gasteiger partial charge in [0.05, 0.1) is 7.11 Å². The molecule has 0 bridgehead atoms. The van der Waals surface area contributed by atoms with Gasteiger partial charge in [-0.05, 0) is 119 Å². The van der Waals surface area contributed by atoms with Crippen LogP contribution in [0.4, 0.5) is 14.5 Å². The first-order valence-corrected chi connectivity index (χ1v) is 17.1. The van der Waals surface area contributed by atoms with Crippen molar-refractivity contribution in [2.24, 2.45) is 0 Å². The van der Waals surface area contributed by atoms with Gasteiger partial charge in [-0.3, -0.25) is 0 Å². The molecule has 2 nitrogen and oxygen atoms in total. The van der Waals surface area contributed by atoms with Crippen LogP contribution in [0.1, 0.15) is 54.5 Å². The van der Waals surface area contributed by atoms with Crippen molar-refractivity contribution >= 4 is 16.5 Å². The van der Waals surface area contributed by atoms with Crippen molar-refractivity contribution in [3.8, 4) is 5.75 Å². The second-order valence-corrected chi connectivity index (χ2v) is 13.3. The highest BCUT2D eigenvalue weighted by molar-refractivity contribution is 5.87. The Kier molecular flexibility index (Phi) is 9.61. The highest BCUT2D eigenvalue weighted by Gasteiger charge is 2.45. The highest BCUT2D eigenvalue weighted by Crippen LogP contribution is 2.52. The molecule has 5 aromatic carbocycles. The van der Waals surface area contributed by atoms with E-state index in [0.29, 0.717) is 18.4 Å². The highest BCUT2D eigenvalue weighted by atomic mass is 19.1. The zero-order chi connectivity index (χ0) is 34.8. The molecule has 1 aliphatic heterocycles. The summed E-state index contributed by atoms with van der Waals surface area (Å²) in [5.74, 6) is 0.349. The number of anilines is 1. The number of benzene rings is 5. The Morgan fingerprint density at radius 3 is 2.43 bits per heavy atom. The average molecular weight is 654 g/mol. The van der Waals surface area contributed by atoms with E-state index in [1.807, 2.05) is 24.3 Å². The maximum Gasteiger partial charge on any atom is 0.126 e. The molecule has 2 atom stereocenters. The van der Waals surface area contributed by atoms with Crippen molar-refractivity contribution in [3.63, 3.8) is 0 Å². The van der Waals surface area contributed by atoms with Gasteiger partial charge >= 0.3 is 0 Å². The SMILES string of the molecule is C=C(/C=C/C=C1/N(C)c2ccc(OC)cc2C1(CC)Cc1cccc(F)c1)C(CC)(Cc1ccccc1F)c1ccc2ccccc2c1C. The van der Waals surface area contributed by atoms with Gasteiger partial charge in [0.2, 0.25) is 0 Å².